The number of rotatable bonds is 4. The first-order valence-electron chi connectivity index (χ1n) is 11.2. The number of allylic oxidation sites excluding steroid dienone is 2. The molecule has 3 fully saturated rings. The van der Waals surface area contributed by atoms with Gasteiger partial charge < -0.3 is 15.1 Å². The van der Waals surface area contributed by atoms with Crippen LogP contribution in [-0.4, -0.2) is 46.5 Å². The molecule has 172 valence electrons. The van der Waals surface area contributed by atoms with Gasteiger partial charge >= 0.3 is 5.97 Å². The fraction of sp³-hybridized carbons (Fsp3) is 0.783. The predicted octanol–water partition coefficient (Wildman–Crippen LogP) is 2.90. The quantitative estimate of drug-likeness (QED) is 0.518. The minimum absolute atomic E-state index is 0.0749. The molecule has 31 heavy (non-hydrogen) atoms. The van der Waals surface area contributed by atoms with E-state index in [0.717, 1.165) is 31.4 Å². The van der Waals surface area contributed by atoms with Crippen molar-refractivity contribution in [1.29, 1.82) is 0 Å². The van der Waals surface area contributed by atoms with Crippen LogP contribution in [0.15, 0.2) is 16.8 Å². The van der Waals surface area contributed by atoms with Crippen molar-refractivity contribution >= 4 is 17.5 Å². The predicted molar refractivity (Wildman–Crippen MR) is 109 cm³/mol. The summed E-state index contributed by atoms with van der Waals surface area (Å²) >= 11 is 0. The van der Waals surface area contributed by atoms with Crippen LogP contribution in [0.25, 0.3) is 0 Å². The third-order valence-electron chi connectivity index (χ3n) is 8.91. The zero-order valence-electron chi connectivity index (χ0n) is 18.3. The summed E-state index contributed by atoms with van der Waals surface area (Å²) in [6.45, 7) is 5.64. The Bertz CT molecular complexity index is 827. The summed E-state index contributed by atoms with van der Waals surface area (Å²) in [6.07, 6.45) is 4.68. The highest BCUT2D eigenvalue weighted by Gasteiger charge is 2.60. The minimum Gasteiger partial charge on any atom is -0.390 e. The maximum absolute atomic E-state index is 13.1. The summed E-state index contributed by atoms with van der Waals surface area (Å²) in [6, 6.07) is 0. The first-order valence-corrected chi connectivity index (χ1v) is 11.2. The molecule has 0 heterocycles. The molecule has 4 aliphatic rings. The summed E-state index contributed by atoms with van der Waals surface area (Å²) < 4.78 is 11.8. The maximum Gasteiger partial charge on any atom is 0.388 e. The van der Waals surface area contributed by atoms with Crippen molar-refractivity contribution in [3.05, 3.63) is 11.6 Å². The fourth-order valence-corrected chi connectivity index (χ4v) is 7.35. The van der Waals surface area contributed by atoms with Crippen LogP contribution < -0.4 is 0 Å². The Morgan fingerprint density at radius 3 is 2.58 bits per heavy atom. The number of fused-ring (bicyclic) bond motifs is 5. The number of aliphatic hydroxyl groups is 2. The van der Waals surface area contributed by atoms with Gasteiger partial charge in [0.25, 0.3) is 0 Å². The molecule has 0 radical (unpaired) electrons. The van der Waals surface area contributed by atoms with Crippen LogP contribution >= 0.6 is 0 Å². The van der Waals surface area contributed by atoms with Gasteiger partial charge in [0.05, 0.1) is 17.9 Å². The van der Waals surface area contributed by atoms with E-state index in [1.165, 1.54) is 5.57 Å². The van der Waals surface area contributed by atoms with Gasteiger partial charge in [0, 0.05) is 16.4 Å². The second kappa shape index (κ2) is 7.96. The van der Waals surface area contributed by atoms with Gasteiger partial charge in [0.15, 0.2) is 5.78 Å². The van der Waals surface area contributed by atoms with Crippen molar-refractivity contribution in [3.63, 3.8) is 0 Å². The van der Waals surface area contributed by atoms with E-state index < -0.39 is 24.8 Å². The Balaban J connectivity index is 1.58. The number of nitrogens with zero attached hydrogens (tertiary/aromatic N) is 1. The normalized spacial score (nSPS) is 44.6. The summed E-state index contributed by atoms with van der Waals surface area (Å²) in [5, 5.41) is 24.6. The van der Waals surface area contributed by atoms with E-state index in [4.69, 9.17) is 4.84 Å². The van der Waals surface area contributed by atoms with E-state index >= 15 is 0 Å². The number of carbonyl (C=O) groups excluding carboxylic acids is 2. The summed E-state index contributed by atoms with van der Waals surface area (Å²) in [7, 11) is 0. The van der Waals surface area contributed by atoms with Gasteiger partial charge in [-0.15, -0.1) is 0 Å². The van der Waals surface area contributed by atoms with Gasteiger partial charge in [-0.2, -0.15) is 0 Å². The van der Waals surface area contributed by atoms with Gasteiger partial charge in [-0.1, -0.05) is 24.6 Å². The van der Waals surface area contributed by atoms with E-state index in [0.29, 0.717) is 12.8 Å². The number of carbonyl (C=O) groups is 2. The Morgan fingerprint density at radius 1 is 1.16 bits per heavy atom. The number of halogens is 1. The standard InChI is InChI=1S/C23H32FNO6/c1-12(25-30-11-21(29)31-24)14-4-5-15-13-8-18(26)17-9-19(27)20(28)10-23(17,3)16(13)6-7-22(14,15)2/h8,14-17,19-20,27-28H,4-7,9-11H2,1-3H3/b25-12-. The van der Waals surface area contributed by atoms with Gasteiger partial charge in [-0.05, 0) is 74.2 Å². The fourth-order valence-electron chi connectivity index (χ4n) is 7.35. The molecule has 4 rings (SSSR count). The number of aliphatic hydroxyl groups excluding tert-OH is 2. The lowest BCUT2D eigenvalue weighted by atomic mass is 9.47. The molecule has 0 saturated heterocycles. The molecule has 3 saturated carbocycles. The molecule has 8 heteroatoms. The number of hydrogen-bond donors (Lipinski definition) is 2. The highest BCUT2D eigenvalue weighted by Crippen LogP contribution is 2.65. The van der Waals surface area contributed by atoms with Crippen LogP contribution in [0.1, 0.15) is 59.3 Å². The van der Waals surface area contributed by atoms with E-state index in [1.807, 2.05) is 13.0 Å². The van der Waals surface area contributed by atoms with Crippen LogP contribution in [0.2, 0.25) is 0 Å². The number of hydrogen-bond acceptors (Lipinski definition) is 7. The molecule has 0 aromatic carbocycles. The van der Waals surface area contributed by atoms with Crippen LogP contribution in [0, 0.1) is 34.5 Å². The molecular weight excluding hydrogens is 405 g/mol. The highest BCUT2D eigenvalue weighted by atomic mass is 19.3. The lowest BCUT2D eigenvalue weighted by molar-refractivity contribution is -0.188. The molecule has 0 amide bonds. The highest BCUT2D eigenvalue weighted by molar-refractivity contribution is 5.95. The van der Waals surface area contributed by atoms with Gasteiger partial charge in [0.1, 0.15) is 0 Å². The second-order valence-corrected chi connectivity index (χ2v) is 10.4. The van der Waals surface area contributed by atoms with E-state index in [1.54, 1.807) is 0 Å². The van der Waals surface area contributed by atoms with Crippen molar-refractivity contribution in [2.75, 3.05) is 6.61 Å². The molecule has 0 bridgehead atoms. The average Bonchev–Trinajstić information content (AvgIpc) is 3.07. The Labute approximate surface area is 181 Å². The average molecular weight is 438 g/mol. The molecule has 2 N–H and O–H groups in total. The zero-order chi connectivity index (χ0) is 22.6. The lowest BCUT2D eigenvalue weighted by Gasteiger charge is -2.57. The van der Waals surface area contributed by atoms with Crippen LogP contribution in [0.4, 0.5) is 4.53 Å². The third kappa shape index (κ3) is 3.52. The monoisotopic (exact) mass is 437 g/mol. The van der Waals surface area contributed by atoms with Crippen molar-refractivity contribution in [1.82, 2.24) is 0 Å². The molecule has 4 aliphatic carbocycles. The second-order valence-electron chi connectivity index (χ2n) is 10.4. The molecule has 7 nitrogen and oxygen atoms in total. The van der Waals surface area contributed by atoms with Crippen molar-refractivity contribution in [2.45, 2.75) is 71.5 Å². The molecule has 0 spiro atoms. The first-order chi connectivity index (χ1) is 14.6. The van der Waals surface area contributed by atoms with Gasteiger partial charge in [-0.3, -0.25) is 9.74 Å². The van der Waals surface area contributed by atoms with Crippen molar-refractivity contribution < 1.29 is 34.1 Å². The third-order valence-corrected chi connectivity index (χ3v) is 8.91. The summed E-state index contributed by atoms with van der Waals surface area (Å²) in [4.78, 5) is 32.1. The first kappa shape index (κ1) is 22.4. The lowest BCUT2D eigenvalue weighted by Crippen LogP contribution is -2.55. The Morgan fingerprint density at radius 2 is 1.87 bits per heavy atom. The molecule has 0 aromatic heterocycles. The minimum atomic E-state index is -1.12. The number of ketones is 1. The van der Waals surface area contributed by atoms with Gasteiger partial charge in [-0.25, -0.2) is 4.79 Å². The topological polar surface area (TPSA) is 105 Å². The Kier molecular flexibility index (Phi) is 5.75. The van der Waals surface area contributed by atoms with E-state index in [2.05, 4.69) is 23.9 Å². The largest absolute Gasteiger partial charge is 0.390 e. The smallest absolute Gasteiger partial charge is 0.388 e. The van der Waals surface area contributed by atoms with Crippen LogP contribution in [0.3, 0.4) is 0 Å². The summed E-state index contributed by atoms with van der Waals surface area (Å²) in [5.41, 5.74) is 1.53. The van der Waals surface area contributed by atoms with E-state index in [9.17, 15) is 24.3 Å². The maximum atomic E-state index is 13.1. The van der Waals surface area contributed by atoms with Crippen LogP contribution in [0.5, 0.6) is 0 Å². The molecule has 8 unspecified atom stereocenters. The summed E-state index contributed by atoms with van der Waals surface area (Å²) in [5.74, 6) is -0.690. The van der Waals surface area contributed by atoms with Crippen LogP contribution in [-0.2, 0) is 19.4 Å². The molecule has 8 atom stereocenters. The molecule has 0 aliphatic heterocycles. The van der Waals surface area contributed by atoms with E-state index in [-0.39, 0.29) is 40.3 Å². The molecule has 0 aromatic rings. The Hall–Kier alpha value is -1.80. The zero-order valence-corrected chi connectivity index (χ0v) is 18.3. The van der Waals surface area contributed by atoms with Crippen molar-refractivity contribution in [2.24, 2.45) is 39.7 Å². The van der Waals surface area contributed by atoms with Crippen molar-refractivity contribution in [3.8, 4) is 0 Å². The number of oxime groups is 1. The van der Waals surface area contributed by atoms with Gasteiger partial charge in [0.2, 0.25) is 6.61 Å². The SMILES string of the molecule is C/C(=N/OCC(=O)OF)C1CCC2C3=CC(=O)C4CC(O)C(O)CC4(C)C3CCC21C. The molecular formula is C23H32FNO6.